The molecule has 3 nitrogen and oxygen atoms in total. The molecule has 1 fully saturated rings. The van der Waals surface area contributed by atoms with Crippen LogP contribution >= 0.6 is 0 Å². The van der Waals surface area contributed by atoms with E-state index in [1.807, 2.05) is 0 Å². The van der Waals surface area contributed by atoms with Gasteiger partial charge in [0.05, 0.1) is 0 Å². The van der Waals surface area contributed by atoms with Crippen LogP contribution in [0.1, 0.15) is 38.8 Å². The molecule has 1 heterocycles. The van der Waals surface area contributed by atoms with Crippen molar-refractivity contribution in [1.82, 2.24) is 10.2 Å². The molecule has 0 spiro atoms. The van der Waals surface area contributed by atoms with Gasteiger partial charge in [-0.1, -0.05) is 13.8 Å². The number of rotatable bonds is 2. The first kappa shape index (κ1) is 14.1. The van der Waals surface area contributed by atoms with Gasteiger partial charge in [0.1, 0.15) is 5.82 Å². The average molecular weight is 273 g/mol. The average Bonchev–Trinajstić information content (AvgIpc) is 2.33. The van der Waals surface area contributed by atoms with E-state index in [-0.39, 0.29) is 6.04 Å². The number of anilines is 1. The van der Waals surface area contributed by atoms with Crippen molar-refractivity contribution in [2.24, 2.45) is 11.8 Å². The molecule has 1 N–H and O–H groups in total. The van der Waals surface area contributed by atoms with Crippen LogP contribution in [-0.4, -0.2) is 16.2 Å². The highest BCUT2D eigenvalue weighted by Crippen LogP contribution is 2.31. The molecule has 1 aromatic rings. The van der Waals surface area contributed by atoms with Gasteiger partial charge >= 0.3 is 6.18 Å². The standard InChI is InChI=1S/C13H18F3N3/c1-8-3-4-10(7-9(8)2)17-12-6-5-11(18-19-12)13(14,15)16/h5-6,8-10H,3-4,7H2,1-2H3,(H,17,19). The summed E-state index contributed by atoms with van der Waals surface area (Å²) in [5, 5.41) is 9.98. The second-order valence-corrected chi connectivity index (χ2v) is 5.41. The van der Waals surface area contributed by atoms with Crippen LogP contribution in [0.5, 0.6) is 0 Å². The zero-order chi connectivity index (χ0) is 14.0. The highest BCUT2D eigenvalue weighted by Gasteiger charge is 2.33. The zero-order valence-corrected chi connectivity index (χ0v) is 11.0. The predicted molar refractivity (Wildman–Crippen MR) is 66.6 cm³/mol. The largest absolute Gasteiger partial charge is 0.435 e. The summed E-state index contributed by atoms with van der Waals surface area (Å²) < 4.78 is 37.0. The van der Waals surface area contributed by atoms with Crippen molar-refractivity contribution in [3.8, 4) is 0 Å². The molecule has 0 saturated heterocycles. The van der Waals surface area contributed by atoms with Crippen LogP contribution in [0, 0.1) is 11.8 Å². The fourth-order valence-corrected chi connectivity index (χ4v) is 2.45. The minimum Gasteiger partial charge on any atom is -0.366 e. The summed E-state index contributed by atoms with van der Waals surface area (Å²) in [6.45, 7) is 4.44. The van der Waals surface area contributed by atoms with E-state index in [0.29, 0.717) is 17.7 Å². The highest BCUT2D eigenvalue weighted by atomic mass is 19.4. The van der Waals surface area contributed by atoms with Crippen LogP contribution < -0.4 is 5.32 Å². The first-order valence-electron chi connectivity index (χ1n) is 6.53. The van der Waals surface area contributed by atoms with Crippen molar-refractivity contribution < 1.29 is 13.2 Å². The lowest BCUT2D eigenvalue weighted by Crippen LogP contribution is -2.30. The van der Waals surface area contributed by atoms with Gasteiger partial charge in [0.2, 0.25) is 0 Å². The third-order valence-electron chi connectivity index (χ3n) is 3.91. The molecule has 0 bridgehead atoms. The van der Waals surface area contributed by atoms with Crippen molar-refractivity contribution in [2.75, 3.05) is 5.32 Å². The van der Waals surface area contributed by atoms with Crippen molar-refractivity contribution in [2.45, 2.75) is 45.3 Å². The number of nitrogens with zero attached hydrogens (tertiary/aromatic N) is 2. The van der Waals surface area contributed by atoms with Gasteiger partial charge in [-0.2, -0.15) is 13.2 Å². The zero-order valence-electron chi connectivity index (χ0n) is 11.0. The van der Waals surface area contributed by atoms with Gasteiger partial charge in [-0.05, 0) is 43.2 Å². The van der Waals surface area contributed by atoms with E-state index in [2.05, 4.69) is 29.4 Å². The van der Waals surface area contributed by atoms with Crippen molar-refractivity contribution >= 4 is 5.82 Å². The van der Waals surface area contributed by atoms with Gasteiger partial charge in [0.15, 0.2) is 5.69 Å². The summed E-state index contributed by atoms with van der Waals surface area (Å²) in [6, 6.07) is 2.58. The molecule has 0 amide bonds. The van der Waals surface area contributed by atoms with E-state index in [4.69, 9.17) is 0 Å². The summed E-state index contributed by atoms with van der Waals surface area (Å²) in [4.78, 5) is 0. The molecule has 3 unspecified atom stereocenters. The molecule has 3 atom stereocenters. The fourth-order valence-electron chi connectivity index (χ4n) is 2.45. The summed E-state index contributed by atoms with van der Waals surface area (Å²) in [5.74, 6) is 1.74. The van der Waals surface area contributed by atoms with Crippen molar-refractivity contribution in [1.29, 1.82) is 0 Å². The van der Waals surface area contributed by atoms with Gasteiger partial charge < -0.3 is 5.32 Å². The summed E-state index contributed by atoms with van der Waals surface area (Å²) >= 11 is 0. The predicted octanol–water partition coefficient (Wildman–Crippen LogP) is 3.73. The van der Waals surface area contributed by atoms with Crippen LogP contribution in [0.3, 0.4) is 0 Å². The molecule has 0 aliphatic heterocycles. The number of halogens is 3. The first-order chi connectivity index (χ1) is 8.86. The van der Waals surface area contributed by atoms with Gasteiger partial charge in [0.25, 0.3) is 0 Å². The number of aromatic nitrogens is 2. The van der Waals surface area contributed by atoms with E-state index in [9.17, 15) is 13.2 Å². The van der Waals surface area contributed by atoms with E-state index < -0.39 is 11.9 Å². The van der Waals surface area contributed by atoms with Crippen LogP contribution in [0.2, 0.25) is 0 Å². The number of hydrogen-bond acceptors (Lipinski definition) is 3. The molecule has 6 heteroatoms. The minimum absolute atomic E-state index is 0.275. The third-order valence-corrected chi connectivity index (χ3v) is 3.91. The molecule has 1 aromatic heterocycles. The number of hydrogen-bond donors (Lipinski definition) is 1. The Morgan fingerprint density at radius 1 is 1.11 bits per heavy atom. The smallest absolute Gasteiger partial charge is 0.366 e. The van der Waals surface area contributed by atoms with E-state index in [1.165, 1.54) is 6.07 Å². The van der Waals surface area contributed by atoms with Gasteiger partial charge in [-0.25, -0.2) is 0 Å². The third kappa shape index (κ3) is 3.58. The second-order valence-electron chi connectivity index (χ2n) is 5.41. The maximum atomic E-state index is 12.3. The Hall–Kier alpha value is -1.33. The van der Waals surface area contributed by atoms with E-state index in [0.717, 1.165) is 25.3 Å². The minimum atomic E-state index is -4.43. The van der Waals surface area contributed by atoms with Gasteiger partial charge in [-0.15, -0.1) is 10.2 Å². The monoisotopic (exact) mass is 273 g/mol. The molecule has 106 valence electrons. The fraction of sp³-hybridized carbons (Fsp3) is 0.692. The number of nitrogens with one attached hydrogen (secondary N) is 1. The van der Waals surface area contributed by atoms with Crippen LogP contribution in [-0.2, 0) is 6.18 Å². The lowest BCUT2D eigenvalue weighted by Gasteiger charge is -2.32. The first-order valence-corrected chi connectivity index (χ1v) is 6.53. The summed E-state index contributed by atoms with van der Waals surface area (Å²) in [6.07, 6.45) is -1.26. The van der Waals surface area contributed by atoms with Crippen LogP contribution in [0.4, 0.5) is 19.0 Å². The van der Waals surface area contributed by atoms with Gasteiger partial charge in [-0.3, -0.25) is 0 Å². The maximum absolute atomic E-state index is 12.3. The SMILES string of the molecule is CC1CCC(Nc2ccc(C(F)(F)F)nn2)CC1C. The van der Waals surface area contributed by atoms with E-state index >= 15 is 0 Å². The molecule has 1 saturated carbocycles. The molecular weight excluding hydrogens is 255 g/mol. The maximum Gasteiger partial charge on any atom is 0.435 e. The quantitative estimate of drug-likeness (QED) is 0.892. The normalized spacial score (nSPS) is 28.2. The lowest BCUT2D eigenvalue weighted by molar-refractivity contribution is -0.141. The Balaban J connectivity index is 1.97. The molecule has 1 aliphatic rings. The van der Waals surface area contributed by atoms with Crippen molar-refractivity contribution in [3.05, 3.63) is 17.8 Å². The Labute approximate surface area is 110 Å². The molecular formula is C13H18F3N3. The van der Waals surface area contributed by atoms with E-state index in [1.54, 1.807) is 0 Å². The van der Waals surface area contributed by atoms with Crippen LogP contribution in [0.15, 0.2) is 12.1 Å². The van der Waals surface area contributed by atoms with Crippen molar-refractivity contribution in [3.63, 3.8) is 0 Å². The Morgan fingerprint density at radius 3 is 2.37 bits per heavy atom. The molecule has 0 aromatic carbocycles. The highest BCUT2D eigenvalue weighted by molar-refractivity contribution is 5.34. The summed E-state index contributed by atoms with van der Waals surface area (Å²) in [5.41, 5.74) is -0.955. The summed E-state index contributed by atoms with van der Waals surface area (Å²) in [7, 11) is 0. The van der Waals surface area contributed by atoms with Crippen LogP contribution in [0.25, 0.3) is 0 Å². The second kappa shape index (κ2) is 5.35. The molecule has 1 aliphatic carbocycles. The Morgan fingerprint density at radius 2 is 1.84 bits per heavy atom. The Kier molecular flexibility index (Phi) is 3.96. The topological polar surface area (TPSA) is 37.8 Å². The molecule has 19 heavy (non-hydrogen) atoms. The lowest BCUT2D eigenvalue weighted by atomic mass is 9.79. The Bertz CT molecular complexity index is 416. The molecule has 0 radical (unpaired) electrons. The molecule has 2 rings (SSSR count). The number of alkyl halides is 3. The van der Waals surface area contributed by atoms with Gasteiger partial charge in [0, 0.05) is 6.04 Å².